The van der Waals surface area contributed by atoms with E-state index in [-0.39, 0.29) is 17.8 Å². The number of halogens is 3. The molecule has 1 amide bonds. The van der Waals surface area contributed by atoms with Crippen LogP contribution >= 0.6 is 0 Å². The van der Waals surface area contributed by atoms with Crippen molar-refractivity contribution >= 4 is 5.91 Å². The first-order valence-electron chi connectivity index (χ1n) is 7.65. The Morgan fingerprint density at radius 2 is 1.83 bits per heavy atom. The van der Waals surface area contributed by atoms with E-state index >= 15 is 0 Å². The first-order valence-corrected chi connectivity index (χ1v) is 7.65. The molecular weight excluding hydrogens is 323 g/mol. The Kier molecular flexibility index (Phi) is 4.29. The topological polar surface area (TPSA) is 59.2 Å². The van der Waals surface area contributed by atoms with E-state index in [1.807, 2.05) is 0 Å². The molecule has 1 aromatic heterocycles. The van der Waals surface area contributed by atoms with Gasteiger partial charge < -0.3 is 9.42 Å². The molecule has 0 radical (unpaired) electrons. The average molecular weight is 339 g/mol. The van der Waals surface area contributed by atoms with Crippen molar-refractivity contribution in [3.05, 3.63) is 35.7 Å². The van der Waals surface area contributed by atoms with Gasteiger partial charge in [0.1, 0.15) is 0 Å². The minimum absolute atomic E-state index is 0.0995. The summed E-state index contributed by atoms with van der Waals surface area (Å²) in [4.78, 5) is 17.5. The minimum atomic E-state index is -4.68. The summed E-state index contributed by atoms with van der Waals surface area (Å²) in [5.41, 5.74) is 0.835. The molecule has 0 saturated heterocycles. The fourth-order valence-electron chi connectivity index (χ4n) is 2.88. The van der Waals surface area contributed by atoms with Crippen LogP contribution in [0.2, 0.25) is 0 Å². The van der Waals surface area contributed by atoms with E-state index in [9.17, 15) is 18.0 Å². The molecule has 0 N–H and O–H groups in total. The zero-order valence-electron chi connectivity index (χ0n) is 13.0. The van der Waals surface area contributed by atoms with Gasteiger partial charge in [-0.15, -0.1) is 0 Å². The summed E-state index contributed by atoms with van der Waals surface area (Å²) in [5, 5.41) is 3.32. The molecule has 0 spiro atoms. The highest BCUT2D eigenvalue weighted by molar-refractivity contribution is 5.94. The van der Waals surface area contributed by atoms with Gasteiger partial charge in [-0.3, -0.25) is 4.79 Å². The van der Waals surface area contributed by atoms with Gasteiger partial charge in [-0.1, -0.05) is 30.1 Å². The van der Waals surface area contributed by atoms with Crippen molar-refractivity contribution in [3.63, 3.8) is 0 Å². The van der Waals surface area contributed by atoms with E-state index in [0.717, 1.165) is 25.7 Å². The van der Waals surface area contributed by atoms with Crippen LogP contribution in [0, 0.1) is 0 Å². The molecule has 8 heteroatoms. The highest BCUT2D eigenvalue weighted by atomic mass is 19.4. The molecule has 2 aromatic rings. The van der Waals surface area contributed by atoms with Crippen LogP contribution in [-0.4, -0.2) is 34.0 Å². The van der Waals surface area contributed by atoms with E-state index in [1.165, 1.54) is 12.1 Å². The third-order valence-electron chi connectivity index (χ3n) is 4.25. The lowest BCUT2D eigenvalue weighted by atomic mass is 10.1. The highest BCUT2D eigenvalue weighted by Gasteiger charge is 2.38. The van der Waals surface area contributed by atoms with Gasteiger partial charge in [-0.25, -0.2) is 0 Å². The van der Waals surface area contributed by atoms with Crippen molar-refractivity contribution in [1.82, 2.24) is 15.0 Å². The predicted octanol–water partition coefficient (Wildman–Crippen LogP) is 3.77. The van der Waals surface area contributed by atoms with Gasteiger partial charge in [-0.2, -0.15) is 18.2 Å². The SMILES string of the molecule is CN(C(=O)c1ccc(-c2noc(C(F)(F)F)n2)cc1)C1CCCC1. The number of hydrogen-bond donors (Lipinski definition) is 0. The molecular formula is C16H16F3N3O2. The van der Waals surface area contributed by atoms with Gasteiger partial charge in [-0.05, 0) is 25.0 Å². The van der Waals surface area contributed by atoms with E-state index in [2.05, 4.69) is 14.7 Å². The van der Waals surface area contributed by atoms with Gasteiger partial charge in [0.2, 0.25) is 5.82 Å². The maximum Gasteiger partial charge on any atom is 0.471 e. The molecule has 0 aliphatic heterocycles. The molecule has 5 nitrogen and oxygen atoms in total. The van der Waals surface area contributed by atoms with Crippen LogP contribution in [-0.2, 0) is 6.18 Å². The van der Waals surface area contributed by atoms with Crippen molar-refractivity contribution < 1.29 is 22.5 Å². The summed E-state index contributed by atoms with van der Waals surface area (Å²) >= 11 is 0. The Morgan fingerprint density at radius 3 is 2.38 bits per heavy atom. The molecule has 3 rings (SSSR count). The first kappa shape index (κ1) is 16.5. The first-order chi connectivity index (χ1) is 11.4. The molecule has 24 heavy (non-hydrogen) atoms. The number of hydrogen-bond acceptors (Lipinski definition) is 4. The molecule has 1 aliphatic carbocycles. The van der Waals surface area contributed by atoms with Crippen LogP contribution in [0.25, 0.3) is 11.4 Å². The Bertz CT molecular complexity index is 719. The van der Waals surface area contributed by atoms with Crippen molar-refractivity contribution in [2.45, 2.75) is 37.9 Å². The number of amides is 1. The van der Waals surface area contributed by atoms with E-state index < -0.39 is 12.1 Å². The van der Waals surface area contributed by atoms with Crippen LogP contribution in [0.15, 0.2) is 28.8 Å². The van der Waals surface area contributed by atoms with Crippen LogP contribution < -0.4 is 0 Å². The molecule has 1 aromatic carbocycles. The third-order valence-corrected chi connectivity index (χ3v) is 4.25. The van der Waals surface area contributed by atoms with Crippen LogP contribution in [0.4, 0.5) is 13.2 Å². The monoisotopic (exact) mass is 339 g/mol. The van der Waals surface area contributed by atoms with Crippen molar-refractivity contribution in [1.29, 1.82) is 0 Å². The fourth-order valence-corrected chi connectivity index (χ4v) is 2.88. The minimum Gasteiger partial charge on any atom is -0.339 e. The average Bonchev–Trinajstić information content (AvgIpc) is 3.24. The molecule has 128 valence electrons. The fraction of sp³-hybridized carbons (Fsp3) is 0.438. The summed E-state index contributed by atoms with van der Waals surface area (Å²) in [5.74, 6) is -1.65. The second-order valence-corrected chi connectivity index (χ2v) is 5.85. The van der Waals surface area contributed by atoms with Crippen molar-refractivity contribution in [2.24, 2.45) is 0 Å². The summed E-state index contributed by atoms with van der Waals surface area (Å²) in [6, 6.07) is 6.41. The summed E-state index contributed by atoms with van der Waals surface area (Å²) < 4.78 is 41.6. The lowest BCUT2D eigenvalue weighted by Gasteiger charge is -2.24. The number of alkyl halides is 3. The van der Waals surface area contributed by atoms with Gasteiger partial charge in [0.15, 0.2) is 0 Å². The number of aromatic nitrogens is 2. The smallest absolute Gasteiger partial charge is 0.339 e. The maximum absolute atomic E-state index is 12.5. The Balaban J connectivity index is 1.75. The summed E-state index contributed by atoms with van der Waals surface area (Å²) in [6.07, 6.45) is -0.418. The zero-order chi connectivity index (χ0) is 17.3. The zero-order valence-corrected chi connectivity index (χ0v) is 13.0. The quantitative estimate of drug-likeness (QED) is 0.854. The molecule has 1 heterocycles. The van der Waals surface area contributed by atoms with Crippen LogP contribution in [0.5, 0.6) is 0 Å². The molecule has 0 bridgehead atoms. The van der Waals surface area contributed by atoms with E-state index in [1.54, 1.807) is 24.1 Å². The third kappa shape index (κ3) is 3.27. The van der Waals surface area contributed by atoms with Crippen LogP contribution in [0.1, 0.15) is 41.9 Å². The number of rotatable bonds is 3. The number of carbonyl (C=O) groups is 1. The molecule has 0 unspecified atom stereocenters. The second kappa shape index (κ2) is 6.26. The lowest BCUT2D eigenvalue weighted by Crippen LogP contribution is -2.35. The molecule has 1 fully saturated rings. The lowest BCUT2D eigenvalue weighted by molar-refractivity contribution is -0.159. The van der Waals surface area contributed by atoms with Crippen molar-refractivity contribution in [3.8, 4) is 11.4 Å². The van der Waals surface area contributed by atoms with E-state index in [0.29, 0.717) is 11.1 Å². The van der Waals surface area contributed by atoms with Gasteiger partial charge in [0.25, 0.3) is 5.91 Å². The number of carbonyl (C=O) groups excluding carboxylic acids is 1. The molecule has 0 atom stereocenters. The summed E-state index contributed by atoms with van der Waals surface area (Å²) in [7, 11) is 1.78. The van der Waals surface area contributed by atoms with Gasteiger partial charge >= 0.3 is 12.1 Å². The largest absolute Gasteiger partial charge is 0.471 e. The Morgan fingerprint density at radius 1 is 1.21 bits per heavy atom. The predicted molar refractivity (Wildman–Crippen MR) is 79.1 cm³/mol. The second-order valence-electron chi connectivity index (χ2n) is 5.85. The Hall–Kier alpha value is -2.38. The normalized spacial score (nSPS) is 15.7. The Labute approximate surface area is 136 Å². The standard InChI is InChI=1S/C16H16F3N3O2/c1-22(12-4-2-3-5-12)14(23)11-8-6-10(7-9-11)13-20-15(24-21-13)16(17,18)19/h6-9,12H,2-5H2,1H3. The number of nitrogens with zero attached hydrogens (tertiary/aromatic N) is 3. The van der Waals surface area contributed by atoms with Crippen molar-refractivity contribution in [2.75, 3.05) is 7.05 Å². The number of benzene rings is 1. The maximum atomic E-state index is 12.5. The molecule has 1 saturated carbocycles. The summed E-state index contributed by atoms with van der Waals surface area (Å²) in [6.45, 7) is 0. The van der Waals surface area contributed by atoms with Gasteiger partial charge in [0, 0.05) is 24.2 Å². The van der Waals surface area contributed by atoms with Crippen LogP contribution in [0.3, 0.4) is 0 Å². The highest BCUT2D eigenvalue weighted by Crippen LogP contribution is 2.29. The van der Waals surface area contributed by atoms with Gasteiger partial charge in [0.05, 0.1) is 0 Å². The van der Waals surface area contributed by atoms with E-state index in [4.69, 9.17) is 0 Å². The molecule has 1 aliphatic rings.